The van der Waals surface area contributed by atoms with Crippen molar-refractivity contribution in [2.45, 2.75) is 13.1 Å². The summed E-state index contributed by atoms with van der Waals surface area (Å²) >= 11 is 5.92. The Morgan fingerprint density at radius 3 is 2.57 bits per heavy atom. The van der Waals surface area contributed by atoms with Gasteiger partial charge in [0.2, 0.25) is 0 Å². The fourth-order valence-electron chi connectivity index (χ4n) is 2.88. The van der Waals surface area contributed by atoms with E-state index >= 15 is 0 Å². The summed E-state index contributed by atoms with van der Waals surface area (Å²) in [6.45, 7) is 1.69. The first-order valence-electron chi connectivity index (χ1n) is 9.63. The number of aromatic nitrogens is 2. The van der Waals surface area contributed by atoms with Crippen LogP contribution in [0.1, 0.15) is 11.1 Å². The van der Waals surface area contributed by atoms with Crippen molar-refractivity contribution in [3.63, 3.8) is 0 Å². The molecule has 1 heterocycles. The second-order valence-corrected chi connectivity index (χ2v) is 7.68. The maximum Gasteiger partial charge on any atom is 0.318 e. The minimum Gasteiger partial charge on any atom is -0.334 e. The monoisotopic (exact) mass is 429 g/mol. The first-order valence-corrected chi connectivity index (χ1v) is 10.0. The van der Waals surface area contributed by atoms with E-state index in [0.717, 1.165) is 11.3 Å². The minimum atomic E-state index is -0.315. The smallest absolute Gasteiger partial charge is 0.318 e. The molecular formula is C22H25ClFN5O. The number of nitrogens with one attached hydrogen (secondary N) is 1. The molecule has 0 aliphatic heterocycles. The largest absolute Gasteiger partial charge is 0.334 e. The quantitative estimate of drug-likeness (QED) is 0.590. The molecule has 158 valence electrons. The molecule has 1 N–H and O–H groups in total. The zero-order valence-corrected chi connectivity index (χ0v) is 17.8. The molecule has 0 aliphatic carbocycles. The number of hydrogen-bond donors (Lipinski definition) is 1. The molecule has 0 aliphatic rings. The van der Waals surface area contributed by atoms with Gasteiger partial charge in [-0.3, -0.25) is 0 Å². The van der Waals surface area contributed by atoms with Crippen molar-refractivity contribution < 1.29 is 9.18 Å². The van der Waals surface area contributed by atoms with Gasteiger partial charge in [0.15, 0.2) is 0 Å². The highest BCUT2D eigenvalue weighted by Gasteiger charge is 2.16. The van der Waals surface area contributed by atoms with Crippen molar-refractivity contribution in [1.29, 1.82) is 0 Å². The predicted molar refractivity (Wildman–Crippen MR) is 116 cm³/mol. The highest BCUT2D eigenvalue weighted by Crippen LogP contribution is 2.14. The topological polar surface area (TPSA) is 53.4 Å². The van der Waals surface area contributed by atoms with Crippen LogP contribution in [-0.4, -0.2) is 52.8 Å². The van der Waals surface area contributed by atoms with Crippen LogP contribution < -0.4 is 5.32 Å². The van der Waals surface area contributed by atoms with E-state index in [2.05, 4.69) is 10.4 Å². The van der Waals surface area contributed by atoms with E-state index in [0.29, 0.717) is 30.2 Å². The molecule has 30 heavy (non-hydrogen) atoms. The number of carbonyl (C=O) groups excluding carboxylic acids is 1. The molecule has 0 radical (unpaired) electrons. The van der Waals surface area contributed by atoms with E-state index < -0.39 is 0 Å². The third kappa shape index (κ3) is 6.05. The maximum absolute atomic E-state index is 14.1. The molecular weight excluding hydrogens is 405 g/mol. The van der Waals surface area contributed by atoms with Gasteiger partial charge in [0.05, 0.1) is 18.4 Å². The van der Waals surface area contributed by atoms with Crippen molar-refractivity contribution in [2.24, 2.45) is 0 Å². The Hall–Kier alpha value is -2.90. The van der Waals surface area contributed by atoms with Crippen LogP contribution in [-0.2, 0) is 13.1 Å². The fourth-order valence-corrected chi connectivity index (χ4v) is 3.01. The van der Waals surface area contributed by atoms with E-state index in [-0.39, 0.29) is 18.4 Å². The van der Waals surface area contributed by atoms with E-state index in [4.69, 9.17) is 11.6 Å². The maximum atomic E-state index is 14.1. The molecule has 0 bridgehead atoms. The molecule has 8 heteroatoms. The molecule has 2 amide bonds. The Kier molecular flexibility index (Phi) is 7.43. The number of urea groups is 1. The second-order valence-electron chi connectivity index (χ2n) is 7.24. The molecule has 3 aromatic rings. The van der Waals surface area contributed by atoms with Crippen molar-refractivity contribution in [3.8, 4) is 5.69 Å². The number of halogens is 2. The van der Waals surface area contributed by atoms with Gasteiger partial charge in [0.1, 0.15) is 5.82 Å². The number of nitrogens with zero attached hydrogens (tertiary/aromatic N) is 4. The van der Waals surface area contributed by atoms with Crippen molar-refractivity contribution in [3.05, 3.63) is 82.9 Å². The summed E-state index contributed by atoms with van der Waals surface area (Å²) in [7, 11) is 3.87. The van der Waals surface area contributed by atoms with Gasteiger partial charge in [-0.05, 0) is 44.4 Å². The molecule has 0 saturated carbocycles. The average molecular weight is 430 g/mol. The number of benzene rings is 2. The van der Waals surface area contributed by atoms with Crippen LogP contribution in [0.25, 0.3) is 5.69 Å². The fraction of sp³-hybridized carbons (Fsp3) is 0.273. The summed E-state index contributed by atoms with van der Waals surface area (Å²) < 4.78 is 15.8. The molecule has 6 nitrogen and oxygen atoms in total. The standard InChI is InChI=1S/C22H25ClFN5O/c1-27(2)11-12-28(16-18-5-3-4-6-21(18)24)22(30)25-13-17-14-26-29(15-17)20-9-7-19(23)8-10-20/h3-10,14-15H,11-13,16H2,1-2H3,(H,25,30). The third-order valence-electron chi connectivity index (χ3n) is 4.59. The Morgan fingerprint density at radius 1 is 1.13 bits per heavy atom. The van der Waals surface area contributed by atoms with Crippen LogP contribution in [0.4, 0.5) is 9.18 Å². The molecule has 0 fully saturated rings. The zero-order chi connectivity index (χ0) is 21.5. The van der Waals surface area contributed by atoms with Gasteiger partial charge in [0, 0.05) is 42.0 Å². The van der Waals surface area contributed by atoms with Crippen molar-refractivity contribution in [1.82, 2.24) is 24.9 Å². The predicted octanol–water partition coefficient (Wildman–Crippen LogP) is 3.94. The summed E-state index contributed by atoms with van der Waals surface area (Å²) in [5.74, 6) is -0.315. The van der Waals surface area contributed by atoms with Gasteiger partial charge < -0.3 is 15.1 Å². The molecule has 0 unspecified atom stereocenters. The van der Waals surface area contributed by atoms with Crippen LogP contribution in [0.2, 0.25) is 5.02 Å². The zero-order valence-electron chi connectivity index (χ0n) is 17.1. The lowest BCUT2D eigenvalue weighted by atomic mass is 10.2. The molecule has 0 spiro atoms. The minimum absolute atomic E-state index is 0.205. The van der Waals surface area contributed by atoms with E-state index in [9.17, 15) is 9.18 Å². The first kappa shape index (κ1) is 21.8. The second kappa shape index (κ2) is 10.2. The highest BCUT2D eigenvalue weighted by molar-refractivity contribution is 6.30. The van der Waals surface area contributed by atoms with Gasteiger partial charge >= 0.3 is 6.03 Å². The lowest BCUT2D eigenvalue weighted by molar-refractivity contribution is 0.187. The summed E-state index contributed by atoms with van der Waals surface area (Å²) in [4.78, 5) is 16.4. The Bertz CT molecular complexity index is 974. The lowest BCUT2D eigenvalue weighted by Crippen LogP contribution is -2.42. The number of hydrogen-bond acceptors (Lipinski definition) is 3. The normalized spacial score (nSPS) is 11.0. The number of rotatable bonds is 8. The van der Waals surface area contributed by atoms with Gasteiger partial charge in [0.25, 0.3) is 0 Å². The summed E-state index contributed by atoms with van der Waals surface area (Å²) in [6, 6.07) is 13.6. The van der Waals surface area contributed by atoms with Crippen LogP contribution in [0, 0.1) is 5.82 Å². The van der Waals surface area contributed by atoms with Crippen LogP contribution >= 0.6 is 11.6 Å². The van der Waals surface area contributed by atoms with Gasteiger partial charge in [-0.15, -0.1) is 0 Å². The Balaban J connectivity index is 1.63. The van der Waals surface area contributed by atoms with Crippen molar-refractivity contribution >= 4 is 17.6 Å². The van der Waals surface area contributed by atoms with Gasteiger partial charge in [-0.25, -0.2) is 13.9 Å². The SMILES string of the molecule is CN(C)CCN(Cc1ccccc1F)C(=O)NCc1cnn(-c2ccc(Cl)cc2)c1. The van der Waals surface area contributed by atoms with E-state index in [1.54, 1.807) is 46.1 Å². The Morgan fingerprint density at radius 2 is 1.87 bits per heavy atom. The van der Waals surface area contributed by atoms with Gasteiger partial charge in [-0.1, -0.05) is 29.8 Å². The molecule has 2 aromatic carbocycles. The first-order chi connectivity index (χ1) is 14.4. The number of likely N-dealkylation sites (N-methyl/N-ethyl adjacent to an activating group) is 1. The summed E-state index contributed by atoms with van der Waals surface area (Å²) in [6.07, 6.45) is 3.56. The molecule has 0 atom stereocenters. The summed E-state index contributed by atoms with van der Waals surface area (Å²) in [5.41, 5.74) is 2.22. The van der Waals surface area contributed by atoms with E-state index in [1.807, 2.05) is 37.3 Å². The van der Waals surface area contributed by atoms with Crippen molar-refractivity contribution in [2.75, 3.05) is 27.2 Å². The third-order valence-corrected chi connectivity index (χ3v) is 4.85. The van der Waals surface area contributed by atoms with Crippen LogP contribution in [0.15, 0.2) is 60.9 Å². The van der Waals surface area contributed by atoms with Gasteiger partial charge in [-0.2, -0.15) is 5.10 Å². The highest BCUT2D eigenvalue weighted by atomic mass is 35.5. The van der Waals surface area contributed by atoms with E-state index in [1.165, 1.54) is 6.07 Å². The van der Waals surface area contributed by atoms with Crippen LogP contribution in [0.3, 0.4) is 0 Å². The lowest BCUT2D eigenvalue weighted by Gasteiger charge is -2.25. The van der Waals surface area contributed by atoms with Crippen LogP contribution in [0.5, 0.6) is 0 Å². The molecule has 1 aromatic heterocycles. The Labute approximate surface area is 180 Å². The number of amides is 2. The molecule has 0 saturated heterocycles. The average Bonchev–Trinajstić information content (AvgIpc) is 3.20. The number of carbonyl (C=O) groups is 1. The summed E-state index contributed by atoms with van der Waals surface area (Å²) in [5, 5.41) is 7.90. The molecule has 3 rings (SSSR count).